The largest absolute Gasteiger partial charge is 0.338 e. The van der Waals surface area contributed by atoms with Crippen LogP contribution in [0.1, 0.15) is 30.2 Å². The van der Waals surface area contributed by atoms with E-state index in [1.165, 1.54) is 0 Å². The van der Waals surface area contributed by atoms with Crippen molar-refractivity contribution in [2.45, 2.75) is 19.4 Å². The van der Waals surface area contributed by atoms with E-state index in [0.29, 0.717) is 28.2 Å². The van der Waals surface area contributed by atoms with Crippen LogP contribution in [-0.4, -0.2) is 10.1 Å². The lowest BCUT2D eigenvalue weighted by Gasteiger charge is -2.01. The van der Waals surface area contributed by atoms with Crippen molar-refractivity contribution >= 4 is 23.2 Å². The molecule has 0 amide bonds. The van der Waals surface area contributed by atoms with Crippen LogP contribution in [0.5, 0.6) is 0 Å². The van der Waals surface area contributed by atoms with Gasteiger partial charge in [-0.3, -0.25) is 0 Å². The third-order valence-electron chi connectivity index (χ3n) is 2.24. The Kier molecular flexibility index (Phi) is 3.66. The molecule has 4 nitrogen and oxygen atoms in total. The van der Waals surface area contributed by atoms with Crippen molar-refractivity contribution in [3.63, 3.8) is 0 Å². The molecule has 1 aromatic heterocycles. The summed E-state index contributed by atoms with van der Waals surface area (Å²) in [4.78, 5) is 4.17. The molecular weight excluding hydrogens is 261 g/mol. The minimum absolute atomic E-state index is 0.267. The van der Waals surface area contributed by atoms with Gasteiger partial charge in [-0.05, 0) is 24.6 Å². The Balaban J connectivity index is 2.19. The van der Waals surface area contributed by atoms with E-state index in [4.69, 9.17) is 33.5 Å². The van der Waals surface area contributed by atoms with Crippen molar-refractivity contribution in [1.82, 2.24) is 10.1 Å². The van der Waals surface area contributed by atoms with Gasteiger partial charge < -0.3 is 10.3 Å². The molecule has 2 aromatic rings. The lowest BCUT2D eigenvalue weighted by molar-refractivity contribution is 0.358. The lowest BCUT2D eigenvalue weighted by atomic mass is 10.1. The van der Waals surface area contributed by atoms with Crippen molar-refractivity contribution in [2.24, 2.45) is 5.73 Å². The van der Waals surface area contributed by atoms with Gasteiger partial charge in [0.2, 0.25) is 5.89 Å². The summed E-state index contributed by atoms with van der Waals surface area (Å²) in [5, 5.41) is 5.03. The number of benzene rings is 1. The number of nitrogens with two attached hydrogens (primary N) is 1. The maximum Gasteiger partial charge on any atom is 0.243 e. The second kappa shape index (κ2) is 5.04. The number of halogens is 2. The van der Waals surface area contributed by atoms with Gasteiger partial charge >= 0.3 is 0 Å². The first-order chi connectivity index (χ1) is 8.06. The molecule has 0 aliphatic heterocycles. The number of aromatic nitrogens is 2. The first-order valence-electron chi connectivity index (χ1n) is 5.08. The standard InChI is InChI=1S/C11H11Cl2N3O/c1-6(14)11-15-10(16-17-11)4-7-2-3-8(12)5-9(7)13/h2-3,5-6H,4,14H2,1H3/t6-/m0/s1. The summed E-state index contributed by atoms with van der Waals surface area (Å²) in [6, 6.07) is 5.03. The Morgan fingerprint density at radius 3 is 2.76 bits per heavy atom. The molecule has 6 heteroatoms. The van der Waals surface area contributed by atoms with Gasteiger partial charge in [-0.1, -0.05) is 34.4 Å². The van der Waals surface area contributed by atoms with Gasteiger partial charge in [0.05, 0.1) is 6.04 Å². The summed E-state index contributed by atoms with van der Waals surface area (Å²) in [5.74, 6) is 0.978. The van der Waals surface area contributed by atoms with E-state index in [-0.39, 0.29) is 6.04 Å². The van der Waals surface area contributed by atoms with E-state index in [0.717, 1.165) is 5.56 Å². The van der Waals surface area contributed by atoms with Gasteiger partial charge in [0.1, 0.15) is 0 Å². The molecule has 0 saturated heterocycles. The maximum atomic E-state index is 6.05. The molecule has 1 heterocycles. The Morgan fingerprint density at radius 1 is 1.41 bits per heavy atom. The van der Waals surface area contributed by atoms with E-state index >= 15 is 0 Å². The van der Waals surface area contributed by atoms with Crippen LogP contribution < -0.4 is 5.73 Å². The third-order valence-corrected chi connectivity index (χ3v) is 2.82. The maximum absolute atomic E-state index is 6.05. The van der Waals surface area contributed by atoms with Crippen LogP contribution in [0, 0.1) is 0 Å². The van der Waals surface area contributed by atoms with Gasteiger partial charge in [0.25, 0.3) is 0 Å². The van der Waals surface area contributed by atoms with Crippen LogP contribution in [-0.2, 0) is 6.42 Å². The highest BCUT2D eigenvalue weighted by Gasteiger charge is 2.11. The van der Waals surface area contributed by atoms with Crippen molar-refractivity contribution in [3.05, 3.63) is 45.5 Å². The fraction of sp³-hybridized carbons (Fsp3) is 0.273. The molecule has 0 spiro atoms. The third kappa shape index (κ3) is 2.97. The first-order valence-corrected chi connectivity index (χ1v) is 5.84. The highest BCUT2D eigenvalue weighted by Crippen LogP contribution is 2.22. The summed E-state index contributed by atoms with van der Waals surface area (Å²) in [7, 11) is 0. The Hall–Kier alpha value is -1.10. The average Bonchev–Trinajstić information content (AvgIpc) is 2.71. The van der Waals surface area contributed by atoms with Crippen LogP contribution in [0.4, 0.5) is 0 Å². The molecule has 0 unspecified atom stereocenters. The highest BCUT2D eigenvalue weighted by molar-refractivity contribution is 6.35. The van der Waals surface area contributed by atoms with E-state index in [9.17, 15) is 0 Å². The molecule has 0 aliphatic carbocycles. The molecule has 2 rings (SSSR count). The fourth-order valence-electron chi connectivity index (χ4n) is 1.36. The molecule has 0 fully saturated rings. The zero-order chi connectivity index (χ0) is 12.4. The Bertz CT molecular complexity index is 525. The fourth-order valence-corrected chi connectivity index (χ4v) is 1.83. The van der Waals surface area contributed by atoms with E-state index in [1.54, 1.807) is 19.1 Å². The van der Waals surface area contributed by atoms with Crippen LogP contribution in [0.3, 0.4) is 0 Å². The molecule has 0 aliphatic rings. The van der Waals surface area contributed by atoms with Crippen LogP contribution in [0.25, 0.3) is 0 Å². The predicted molar refractivity (Wildman–Crippen MR) is 66.2 cm³/mol. The molecule has 0 saturated carbocycles. The van der Waals surface area contributed by atoms with E-state index in [2.05, 4.69) is 10.1 Å². The molecular formula is C11H11Cl2N3O. The number of rotatable bonds is 3. The normalized spacial score (nSPS) is 12.7. The number of hydrogen-bond acceptors (Lipinski definition) is 4. The van der Waals surface area contributed by atoms with Crippen molar-refractivity contribution < 1.29 is 4.52 Å². The molecule has 0 radical (unpaired) electrons. The minimum Gasteiger partial charge on any atom is -0.338 e. The number of hydrogen-bond donors (Lipinski definition) is 1. The van der Waals surface area contributed by atoms with Crippen molar-refractivity contribution in [1.29, 1.82) is 0 Å². The molecule has 17 heavy (non-hydrogen) atoms. The highest BCUT2D eigenvalue weighted by atomic mass is 35.5. The van der Waals surface area contributed by atoms with Gasteiger partial charge in [0.15, 0.2) is 5.82 Å². The number of nitrogens with zero attached hydrogens (tertiary/aromatic N) is 2. The van der Waals surface area contributed by atoms with E-state index < -0.39 is 0 Å². The van der Waals surface area contributed by atoms with Crippen molar-refractivity contribution in [2.75, 3.05) is 0 Å². The van der Waals surface area contributed by atoms with Crippen molar-refractivity contribution in [3.8, 4) is 0 Å². The molecule has 1 aromatic carbocycles. The molecule has 1 atom stereocenters. The Morgan fingerprint density at radius 2 is 2.18 bits per heavy atom. The Labute approximate surface area is 109 Å². The topological polar surface area (TPSA) is 64.9 Å². The first kappa shape index (κ1) is 12.4. The second-order valence-electron chi connectivity index (χ2n) is 3.75. The summed E-state index contributed by atoms with van der Waals surface area (Å²) in [5.41, 5.74) is 6.53. The van der Waals surface area contributed by atoms with Crippen LogP contribution in [0.15, 0.2) is 22.7 Å². The zero-order valence-electron chi connectivity index (χ0n) is 9.15. The van der Waals surface area contributed by atoms with E-state index in [1.807, 2.05) is 6.07 Å². The van der Waals surface area contributed by atoms with Gasteiger partial charge in [0, 0.05) is 16.5 Å². The molecule has 2 N–H and O–H groups in total. The zero-order valence-corrected chi connectivity index (χ0v) is 10.7. The quantitative estimate of drug-likeness (QED) is 0.932. The SMILES string of the molecule is C[C@H](N)c1nc(Cc2ccc(Cl)cc2Cl)no1. The average molecular weight is 272 g/mol. The monoisotopic (exact) mass is 271 g/mol. The summed E-state index contributed by atoms with van der Waals surface area (Å²) < 4.78 is 5.01. The molecule has 0 bridgehead atoms. The van der Waals surface area contributed by atoms with Crippen LogP contribution in [0.2, 0.25) is 10.0 Å². The summed E-state index contributed by atoms with van der Waals surface area (Å²) in [6.45, 7) is 1.78. The summed E-state index contributed by atoms with van der Waals surface area (Å²) in [6.07, 6.45) is 0.492. The lowest BCUT2D eigenvalue weighted by Crippen LogP contribution is -2.05. The van der Waals surface area contributed by atoms with Gasteiger partial charge in [-0.25, -0.2) is 0 Å². The summed E-state index contributed by atoms with van der Waals surface area (Å²) >= 11 is 11.9. The second-order valence-corrected chi connectivity index (χ2v) is 4.59. The molecule has 90 valence electrons. The van der Waals surface area contributed by atoms with Crippen LogP contribution >= 0.6 is 23.2 Å². The predicted octanol–water partition coefficient (Wildman–Crippen LogP) is 2.99. The minimum atomic E-state index is -0.267. The van der Waals surface area contributed by atoms with Gasteiger partial charge in [-0.2, -0.15) is 4.98 Å². The van der Waals surface area contributed by atoms with Gasteiger partial charge in [-0.15, -0.1) is 0 Å². The smallest absolute Gasteiger partial charge is 0.243 e.